The van der Waals surface area contributed by atoms with Crippen molar-refractivity contribution in [1.82, 2.24) is 9.88 Å². The summed E-state index contributed by atoms with van der Waals surface area (Å²) in [5.41, 5.74) is 2.75. The van der Waals surface area contributed by atoms with Gasteiger partial charge < -0.3 is 14.6 Å². The molecule has 0 atom stereocenters. The number of aliphatic imine (C=N–C) groups is 1. The summed E-state index contributed by atoms with van der Waals surface area (Å²) in [4.78, 5) is 22.7. The van der Waals surface area contributed by atoms with Gasteiger partial charge in [-0.05, 0) is 25.5 Å². The maximum atomic E-state index is 12.6. The topological polar surface area (TPSA) is 70.7 Å². The number of carbonyl (C=O) groups excluding carboxylic acids is 1. The molecule has 3 rings (SSSR count). The third kappa shape index (κ3) is 2.28. The van der Waals surface area contributed by atoms with Gasteiger partial charge in [0, 0.05) is 18.9 Å². The van der Waals surface area contributed by atoms with E-state index in [4.69, 9.17) is 4.42 Å². The van der Waals surface area contributed by atoms with Gasteiger partial charge in [-0.1, -0.05) is 12.6 Å². The number of furan rings is 1. The van der Waals surface area contributed by atoms with E-state index in [1.807, 2.05) is 20.0 Å². The summed E-state index contributed by atoms with van der Waals surface area (Å²) >= 11 is 0. The van der Waals surface area contributed by atoms with Gasteiger partial charge in [0.1, 0.15) is 11.6 Å². The number of anilines is 1. The van der Waals surface area contributed by atoms with E-state index in [0.717, 1.165) is 5.56 Å². The van der Waals surface area contributed by atoms with Gasteiger partial charge in [0.25, 0.3) is 5.91 Å². The van der Waals surface area contributed by atoms with Gasteiger partial charge in [0.05, 0.1) is 17.5 Å². The highest BCUT2D eigenvalue weighted by Gasteiger charge is 2.28. The Morgan fingerprint density at radius 2 is 2.14 bits per heavy atom. The maximum absolute atomic E-state index is 12.6. The van der Waals surface area contributed by atoms with E-state index in [-0.39, 0.29) is 5.91 Å². The molecule has 112 valence electrons. The van der Waals surface area contributed by atoms with Gasteiger partial charge in [0.15, 0.2) is 0 Å². The van der Waals surface area contributed by atoms with Crippen LogP contribution < -0.4 is 5.32 Å². The normalized spacial score (nSPS) is 13.2. The molecule has 0 saturated carbocycles. The molecule has 6 heteroatoms. The summed E-state index contributed by atoms with van der Waals surface area (Å²) < 4.78 is 5.57. The second-order valence-corrected chi connectivity index (χ2v) is 5.19. The maximum Gasteiger partial charge on any atom is 0.261 e. The Morgan fingerprint density at radius 1 is 1.36 bits per heavy atom. The van der Waals surface area contributed by atoms with E-state index in [1.54, 1.807) is 30.4 Å². The second-order valence-electron chi connectivity index (χ2n) is 5.19. The van der Waals surface area contributed by atoms with Gasteiger partial charge in [-0.15, -0.1) is 0 Å². The van der Waals surface area contributed by atoms with Crippen molar-refractivity contribution in [2.45, 2.75) is 13.8 Å². The first-order chi connectivity index (χ1) is 10.5. The summed E-state index contributed by atoms with van der Waals surface area (Å²) in [5.74, 6) is 1.11. The number of pyridine rings is 1. The van der Waals surface area contributed by atoms with Crippen LogP contribution in [0.4, 0.5) is 11.7 Å². The van der Waals surface area contributed by atoms with E-state index in [1.165, 1.54) is 0 Å². The third-order valence-electron chi connectivity index (χ3n) is 3.51. The van der Waals surface area contributed by atoms with Gasteiger partial charge in [0.2, 0.25) is 5.88 Å². The number of hydrogen-bond donors (Lipinski definition) is 1. The van der Waals surface area contributed by atoms with E-state index in [0.29, 0.717) is 34.3 Å². The van der Waals surface area contributed by atoms with Crippen molar-refractivity contribution in [2.24, 2.45) is 4.99 Å². The molecule has 1 amide bonds. The Hall–Kier alpha value is -2.89. The molecule has 1 aliphatic rings. The molecule has 3 heterocycles. The summed E-state index contributed by atoms with van der Waals surface area (Å²) in [6.45, 7) is 7.66. The third-order valence-corrected chi connectivity index (χ3v) is 3.51. The molecule has 0 fully saturated rings. The Bertz CT molecular complexity index is 787. The summed E-state index contributed by atoms with van der Waals surface area (Å²) in [7, 11) is 1.82. The van der Waals surface area contributed by atoms with Crippen molar-refractivity contribution in [3.63, 3.8) is 0 Å². The van der Waals surface area contributed by atoms with Gasteiger partial charge >= 0.3 is 0 Å². The highest BCUT2D eigenvalue weighted by Crippen LogP contribution is 2.37. The second kappa shape index (κ2) is 5.14. The van der Waals surface area contributed by atoms with Crippen LogP contribution in [0, 0.1) is 13.8 Å². The lowest BCUT2D eigenvalue weighted by molar-refractivity contribution is 0.102. The number of fused-ring (bicyclic) bond motifs is 1. The van der Waals surface area contributed by atoms with Crippen molar-refractivity contribution < 1.29 is 9.21 Å². The number of hydrogen-bond acceptors (Lipinski definition) is 5. The fourth-order valence-electron chi connectivity index (χ4n) is 2.27. The van der Waals surface area contributed by atoms with Gasteiger partial charge in [-0.25, -0.2) is 9.98 Å². The van der Waals surface area contributed by atoms with Crippen LogP contribution in [-0.4, -0.2) is 29.2 Å². The van der Waals surface area contributed by atoms with Crippen LogP contribution in [0.15, 0.2) is 34.3 Å². The minimum absolute atomic E-state index is 0.287. The molecular formula is C16H16N4O2. The molecule has 0 aromatic carbocycles. The smallest absolute Gasteiger partial charge is 0.261 e. The molecule has 1 N–H and O–H groups in total. The number of carbonyl (C=O) groups is 1. The lowest BCUT2D eigenvalue weighted by atomic mass is 10.1. The summed E-state index contributed by atoms with van der Waals surface area (Å²) in [5, 5.41) is 2.78. The molecule has 6 nitrogen and oxygen atoms in total. The van der Waals surface area contributed by atoms with Crippen molar-refractivity contribution in [3.05, 3.63) is 47.4 Å². The van der Waals surface area contributed by atoms with Crippen LogP contribution in [0.2, 0.25) is 0 Å². The van der Waals surface area contributed by atoms with Crippen LogP contribution >= 0.6 is 0 Å². The quantitative estimate of drug-likeness (QED) is 0.924. The van der Waals surface area contributed by atoms with E-state index < -0.39 is 0 Å². The first kappa shape index (κ1) is 14.1. The van der Waals surface area contributed by atoms with Crippen molar-refractivity contribution in [2.75, 3.05) is 12.4 Å². The first-order valence-electron chi connectivity index (χ1n) is 6.81. The van der Waals surface area contributed by atoms with Crippen molar-refractivity contribution >= 4 is 29.6 Å². The van der Waals surface area contributed by atoms with Crippen LogP contribution in [0.25, 0.3) is 5.70 Å². The predicted octanol–water partition coefficient (Wildman–Crippen LogP) is 3.12. The highest BCUT2D eigenvalue weighted by atomic mass is 16.4. The van der Waals surface area contributed by atoms with Crippen molar-refractivity contribution in [3.8, 4) is 0 Å². The Kier molecular flexibility index (Phi) is 3.29. The molecule has 0 radical (unpaired) electrons. The van der Waals surface area contributed by atoms with Crippen LogP contribution in [0.1, 0.15) is 27.2 Å². The minimum atomic E-state index is -0.287. The zero-order chi connectivity index (χ0) is 15.9. The molecule has 0 aliphatic carbocycles. The molecule has 2 aromatic heterocycles. The van der Waals surface area contributed by atoms with Gasteiger partial charge in [-0.2, -0.15) is 0 Å². The summed E-state index contributed by atoms with van der Waals surface area (Å²) in [6.07, 6.45) is 3.31. The van der Waals surface area contributed by atoms with E-state index >= 15 is 0 Å². The molecule has 0 saturated heterocycles. The van der Waals surface area contributed by atoms with Crippen LogP contribution in [0.3, 0.4) is 0 Å². The number of nitrogens with zero attached hydrogens (tertiary/aromatic N) is 3. The fraction of sp³-hybridized carbons (Fsp3) is 0.188. The largest absolute Gasteiger partial charge is 0.442 e. The van der Waals surface area contributed by atoms with Gasteiger partial charge in [-0.3, -0.25) is 4.79 Å². The molecule has 0 spiro atoms. The standard InChI is InChI=1S/C16H16N4O2/c1-9-5-6-12(17-7-9)19-15(21)14-11(3)22-16-13(14)10(2)20(4)8-18-16/h5-8H,2H2,1,3-4H3,(H,17,19,21). The van der Waals surface area contributed by atoms with Crippen LogP contribution in [0.5, 0.6) is 0 Å². The number of aryl methyl sites for hydroxylation is 2. The zero-order valence-electron chi connectivity index (χ0n) is 12.7. The predicted molar refractivity (Wildman–Crippen MR) is 85.3 cm³/mol. The fourth-order valence-corrected chi connectivity index (χ4v) is 2.27. The number of rotatable bonds is 2. The zero-order valence-corrected chi connectivity index (χ0v) is 12.7. The lowest BCUT2D eigenvalue weighted by Gasteiger charge is -2.20. The minimum Gasteiger partial charge on any atom is -0.442 e. The number of amides is 1. The molecule has 22 heavy (non-hydrogen) atoms. The molecule has 1 aliphatic heterocycles. The van der Waals surface area contributed by atoms with Crippen LogP contribution in [-0.2, 0) is 0 Å². The number of aromatic nitrogens is 1. The van der Waals surface area contributed by atoms with Crippen molar-refractivity contribution in [1.29, 1.82) is 0 Å². The van der Waals surface area contributed by atoms with E-state index in [2.05, 4.69) is 21.9 Å². The lowest BCUT2D eigenvalue weighted by Crippen LogP contribution is -2.20. The molecule has 0 unspecified atom stereocenters. The Morgan fingerprint density at radius 3 is 2.82 bits per heavy atom. The first-order valence-corrected chi connectivity index (χ1v) is 6.81. The Labute approximate surface area is 128 Å². The SMILES string of the molecule is C=C1c2c(oc(C)c2C(=O)Nc2ccc(C)cn2)N=CN1C. The average molecular weight is 296 g/mol. The van der Waals surface area contributed by atoms with E-state index in [9.17, 15) is 4.79 Å². The number of nitrogens with one attached hydrogen (secondary N) is 1. The Balaban J connectivity index is 1.97. The monoisotopic (exact) mass is 296 g/mol. The highest BCUT2D eigenvalue weighted by molar-refractivity contribution is 6.09. The summed E-state index contributed by atoms with van der Waals surface area (Å²) in [6, 6.07) is 3.64. The molecular weight excluding hydrogens is 280 g/mol. The average Bonchev–Trinajstić information content (AvgIpc) is 2.82. The molecule has 0 bridgehead atoms. The molecule has 2 aromatic rings.